The van der Waals surface area contributed by atoms with E-state index in [1.807, 2.05) is 0 Å². The highest BCUT2D eigenvalue weighted by molar-refractivity contribution is 7.00. The summed E-state index contributed by atoms with van der Waals surface area (Å²) in [6, 6.07) is 80.8. The van der Waals surface area contributed by atoms with Gasteiger partial charge in [0.15, 0.2) is 0 Å². The summed E-state index contributed by atoms with van der Waals surface area (Å²) in [6.45, 7) is 4.43. The van der Waals surface area contributed by atoms with Gasteiger partial charge < -0.3 is 19.6 Å². The van der Waals surface area contributed by atoms with Crippen molar-refractivity contribution in [1.29, 1.82) is 0 Å². The van der Waals surface area contributed by atoms with Crippen molar-refractivity contribution in [2.75, 3.05) is 19.6 Å². The smallest absolute Gasteiger partial charge is 0.131 e. The van der Waals surface area contributed by atoms with E-state index < -0.39 is 0 Å². The van der Waals surface area contributed by atoms with Crippen LogP contribution in [-0.4, -0.2) is 8.75 Å². The number of rotatable bonds is 12. The summed E-state index contributed by atoms with van der Waals surface area (Å²) in [5.74, 6) is 0. The SMILES string of the molecule is Cc1c(C)c(N(c2ccccc2)c2ccc(N(c3ccccc3)c3ccccc3)cc2)c2nsnc2c1N(c1ccccc1)c1ccc(N(c2ccccc2)c2ccccc2)cc1. The van der Waals surface area contributed by atoms with Crippen molar-refractivity contribution in [3.05, 3.63) is 242 Å². The Morgan fingerprint density at radius 1 is 0.254 bits per heavy atom. The molecule has 0 aliphatic heterocycles. The zero-order chi connectivity index (χ0) is 42.5. The van der Waals surface area contributed by atoms with E-state index in [1.54, 1.807) is 0 Å². The highest BCUT2D eigenvalue weighted by Gasteiger charge is 2.28. The lowest BCUT2D eigenvalue weighted by atomic mass is 9.99. The number of nitrogens with zero attached hydrogens (tertiary/aromatic N) is 6. The molecule has 10 aromatic rings. The average Bonchev–Trinajstić information content (AvgIpc) is 3.84. The molecule has 1 heterocycles. The normalized spacial score (nSPS) is 11.0. The van der Waals surface area contributed by atoms with Gasteiger partial charge in [0.25, 0.3) is 0 Å². The molecule has 0 aliphatic rings. The Bertz CT molecular complexity index is 2770. The van der Waals surface area contributed by atoms with Gasteiger partial charge in [0, 0.05) is 56.9 Å². The van der Waals surface area contributed by atoms with Crippen molar-refractivity contribution in [3.8, 4) is 0 Å². The van der Waals surface area contributed by atoms with Gasteiger partial charge in [-0.3, -0.25) is 0 Å². The van der Waals surface area contributed by atoms with E-state index in [0.29, 0.717) is 0 Å². The lowest BCUT2D eigenvalue weighted by Crippen LogP contribution is -2.17. The molecule has 1 aromatic heterocycles. The summed E-state index contributed by atoms with van der Waals surface area (Å²) in [4.78, 5) is 9.24. The van der Waals surface area contributed by atoms with Crippen LogP contribution in [0.25, 0.3) is 11.0 Å². The molecule has 0 radical (unpaired) electrons. The summed E-state index contributed by atoms with van der Waals surface area (Å²) in [6.07, 6.45) is 0. The van der Waals surface area contributed by atoms with Crippen LogP contribution >= 0.6 is 11.7 Å². The van der Waals surface area contributed by atoms with Crippen LogP contribution in [0.3, 0.4) is 0 Å². The Morgan fingerprint density at radius 3 is 0.683 bits per heavy atom. The van der Waals surface area contributed by atoms with Gasteiger partial charge in [0.1, 0.15) is 11.0 Å². The molecule has 304 valence electrons. The molecule has 0 unspecified atom stereocenters. The third-order valence-electron chi connectivity index (χ3n) is 11.5. The minimum Gasteiger partial charge on any atom is -0.311 e. The summed E-state index contributed by atoms with van der Waals surface area (Å²) >= 11 is 1.25. The third-order valence-corrected chi connectivity index (χ3v) is 12.0. The lowest BCUT2D eigenvalue weighted by Gasteiger charge is -2.32. The maximum atomic E-state index is 5.10. The quantitative estimate of drug-likeness (QED) is 0.122. The molecule has 0 aliphatic carbocycles. The Morgan fingerprint density at radius 2 is 0.444 bits per heavy atom. The van der Waals surface area contributed by atoms with Gasteiger partial charge in [-0.25, -0.2) is 0 Å². The van der Waals surface area contributed by atoms with Crippen molar-refractivity contribution in [2.24, 2.45) is 0 Å². The molecular formula is C56H44N6S. The van der Waals surface area contributed by atoms with E-state index in [4.69, 9.17) is 8.75 Å². The van der Waals surface area contributed by atoms with Crippen molar-refractivity contribution >= 4 is 91.0 Å². The molecule has 7 heteroatoms. The summed E-state index contributed by atoms with van der Waals surface area (Å²) in [5.41, 5.74) is 16.6. The van der Waals surface area contributed by atoms with E-state index in [1.165, 1.54) is 11.7 Å². The molecule has 0 atom stereocenters. The Hall–Kier alpha value is -8.00. The van der Waals surface area contributed by atoms with E-state index in [9.17, 15) is 0 Å². The first-order valence-corrected chi connectivity index (χ1v) is 21.8. The molecule has 0 fully saturated rings. The van der Waals surface area contributed by atoms with Crippen LogP contribution < -0.4 is 19.6 Å². The van der Waals surface area contributed by atoms with Crippen molar-refractivity contribution < 1.29 is 0 Å². The van der Waals surface area contributed by atoms with Crippen LogP contribution in [0.1, 0.15) is 11.1 Å². The van der Waals surface area contributed by atoms with Crippen molar-refractivity contribution in [2.45, 2.75) is 13.8 Å². The molecule has 6 nitrogen and oxygen atoms in total. The molecular weight excluding hydrogens is 789 g/mol. The van der Waals surface area contributed by atoms with Gasteiger partial charge in [0.2, 0.25) is 0 Å². The molecule has 0 bridgehead atoms. The summed E-state index contributed by atoms with van der Waals surface area (Å²) < 4.78 is 10.2. The van der Waals surface area contributed by atoms with Gasteiger partial charge in [-0.15, -0.1) is 0 Å². The first-order chi connectivity index (χ1) is 31.1. The fourth-order valence-electron chi connectivity index (χ4n) is 8.43. The molecule has 10 rings (SSSR count). The molecule has 9 aromatic carbocycles. The molecule has 0 spiro atoms. The second-order valence-corrected chi connectivity index (χ2v) is 15.8. The molecule has 0 saturated heterocycles. The monoisotopic (exact) mass is 832 g/mol. The Kier molecular flexibility index (Phi) is 10.9. The van der Waals surface area contributed by atoms with Gasteiger partial charge in [0.05, 0.1) is 23.1 Å². The van der Waals surface area contributed by atoms with Crippen LogP contribution in [0.15, 0.2) is 231 Å². The lowest BCUT2D eigenvalue weighted by molar-refractivity contribution is 1.20. The van der Waals surface area contributed by atoms with Crippen LogP contribution in [-0.2, 0) is 0 Å². The first-order valence-electron chi connectivity index (χ1n) is 21.1. The zero-order valence-electron chi connectivity index (χ0n) is 35.0. The van der Waals surface area contributed by atoms with Crippen molar-refractivity contribution in [3.63, 3.8) is 0 Å². The van der Waals surface area contributed by atoms with Gasteiger partial charge in [-0.1, -0.05) is 109 Å². The van der Waals surface area contributed by atoms with E-state index >= 15 is 0 Å². The number of fused-ring (bicyclic) bond motifs is 1. The van der Waals surface area contributed by atoms with Gasteiger partial charge >= 0.3 is 0 Å². The minimum absolute atomic E-state index is 0.845. The number of benzene rings is 9. The predicted octanol–water partition coefficient (Wildman–Crippen LogP) is 16.2. The number of hydrogen-bond acceptors (Lipinski definition) is 7. The number of aromatic nitrogens is 2. The summed E-state index contributed by atoms with van der Waals surface area (Å²) in [7, 11) is 0. The average molecular weight is 833 g/mol. The fourth-order valence-corrected chi connectivity index (χ4v) is 8.98. The zero-order valence-corrected chi connectivity index (χ0v) is 35.8. The fraction of sp³-hybridized carbons (Fsp3) is 0.0357. The highest BCUT2D eigenvalue weighted by atomic mass is 32.1. The number of hydrogen-bond donors (Lipinski definition) is 0. The van der Waals surface area contributed by atoms with E-state index in [0.717, 1.165) is 90.4 Å². The van der Waals surface area contributed by atoms with E-state index in [2.05, 4.69) is 264 Å². The van der Waals surface area contributed by atoms with Gasteiger partial charge in [-0.05, 0) is 146 Å². The molecule has 0 amide bonds. The van der Waals surface area contributed by atoms with E-state index in [-0.39, 0.29) is 0 Å². The number of para-hydroxylation sites is 6. The second kappa shape index (κ2) is 17.5. The molecule has 0 N–H and O–H groups in total. The van der Waals surface area contributed by atoms with Crippen molar-refractivity contribution in [1.82, 2.24) is 8.75 Å². The van der Waals surface area contributed by atoms with Crippen LogP contribution in [0.5, 0.6) is 0 Å². The number of anilines is 12. The summed E-state index contributed by atoms with van der Waals surface area (Å²) in [5, 5.41) is 0. The second-order valence-electron chi connectivity index (χ2n) is 15.3. The molecule has 63 heavy (non-hydrogen) atoms. The van der Waals surface area contributed by atoms with Crippen LogP contribution in [0.2, 0.25) is 0 Å². The van der Waals surface area contributed by atoms with Gasteiger partial charge in [-0.2, -0.15) is 8.75 Å². The topological polar surface area (TPSA) is 38.7 Å². The largest absolute Gasteiger partial charge is 0.311 e. The standard InChI is InChI=1S/C56H44N6S/c1-41-42(2)56(62(48-31-19-8-20-32-48)52-39-35-50(36-40-52)60(45-25-13-5-14-26-45)46-27-15-6-16-28-46)54-53(57-63-58-54)55(41)61(47-29-17-7-18-30-47)51-37-33-49(34-38-51)59(43-21-9-3-10-22-43)44-23-11-4-12-24-44/h3-40H,1-2H3. The highest BCUT2D eigenvalue weighted by Crippen LogP contribution is 2.49. The molecule has 0 saturated carbocycles. The Balaban J connectivity index is 1.10. The Labute approximate surface area is 373 Å². The predicted molar refractivity (Wildman–Crippen MR) is 266 cm³/mol. The maximum absolute atomic E-state index is 5.10. The van der Waals surface area contributed by atoms with Crippen LogP contribution in [0, 0.1) is 13.8 Å². The maximum Gasteiger partial charge on any atom is 0.131 e. The minimum atomic E-state index is 0.845. The van der Waals surface area contributed by atoms with Crippen LogP contribution in [0.4, 0.5) is 68.2 Å². The first kappa shape index (κ1) is 39.2. The third kappa shape index (κ3) is 7.67.